The maximum absolute atomic E-state index is 13.9. The minimum atomic E-state index is -0.330. The zero-order valence-electron chi connectivity index (χ0n) is 18.2. The van der Waals surface area contributed by atoms with Crippen molar-refractivity contribution in [3.05, 3.63) is 81.7 Å². The molecule has 0 saturated heterocycles. The average Bonchev–Trinajstić information content (AvgIpc) is 3.34. The molecular weight excluding hydrogens is 474 g/mol. The standard InChI is InChI=1S/C25H18ClN3O4S/c1-32-16-7-8-23(33-2)20(9-16)29-21-11-27-12-22(30)17(21)10-18(25(29)31)24-28-19(13-34-24)14-3-5-15(26)6-4-14/h3-13,30H,1-2H3. The van der Waals surface area contributed by atoms with Crippen LogP contribution in [-0.2, 0) is 0 Å². The van der Waals surface area contributed by atoms with Gasteiger partial charge in [-0.2, -0.15) is 0 Å². The lowest BCUT2D eigenvalue weighted by Crippen LogP contribution is -2.21. The van der Waals surface area contributed by atoms with Crippen LogP contribution in [0.4, 0.5) is 0 Å². The van der Waals surface area contributed by atoms with Gasteiger partial charge in [0.1, 0.15) is 22.3 Å². The normalized spacial score (nSPS) is 11.0. The highest BCUT2D eigenvalue weighted by molar-refractivity contribution is 7.13. The van der Waals surface area contributed by atoms with Crippen LogP contribution in [0.5, 0.6) is 17.2 Å². The first-order valence-electron chi connectivity index (χ1n) is 10.2. The number of thiazole rings is 1. The summed E-state index contributed by atoms with van der Waals surface area (Å²) in [5.74, 6) is 0.961. The number of nitrogens with zero attached hydrogens (tertiary/aromatic N) is 3. The summed E-state index contributed by atoms with van der Waals surface area (Å²) in [4.78, 5) is 22.6. The fraction of sp³-hybridized carbons (Fsp3) is 0.0800. The number of benzene rings is 2. The molecule has 3 aromatic heterocycles. The molecule has 0 atom stereocenters. The topological polar surface area (TPSA) is 86.5 Å². The molecule has 3 heterocycles. The third-order valence-corrected chi connectivity index (χ3v) is 6.54. The maximum atomic E-state index is 13.9. The number of hydrogen-bond acceptors (Lipinski definition) is 7. The summed E-state index contributed by atoms with van der Waals surface area (Å²) in [7, 11) is 3.07. The molecule has 0 aliphatic heterocycles. The van der Waals surface area contributed by atoms with E-state index >= 15 is 0 Å². The Labute approximate surface area is 203 Å². The van der Waals surface area contributed by atoms with E-state index in [1.807, 2.05) is 17.5 Å². The largest absolute Gasteiger partial charge is 0.506 e. The Morgan fingerprint density at radius 3 is 2.56 bits per heavy atom. The Hall–Kier alpha value is -3.88. The van der Waals surface area contributed by atoms with Gasteiger partial charge in [0.2, 0.25) is 0 Å². The van der Waals surface area contributed by atoms with Gasteiger partial charge >= 0.3 is 0 Å². The molecule has 0 aliphatic rings. The van der Waals surface area contributed by atoms with Crippen molar-refractivity contribution in [2.24, 2.45) is 0 Å². The molecule has 0 unspecified atom stereocenters. The molecule has 0 radical (unpaired) electrons. The number of ether oxygens (including phenoxy) is 2. The number of rotatable bonds is 5. The summed E-state index contributed by atoms with van der Waals surface area (Å²) in [5.41, 5.74) is 2.50. The SMILES string of the molecule is COc1ccc(OC)c(-n2c(=O)c(-c3nc(-c4ccc(Cl)cc4)cs3)cc3c(O)cncc32)c1. The van der Waals surface area contributed by atoms with Gasteiger partial charge in [-0.3, -0.25) is 14.3 Å². The first kappa shape index (κ1) is 21.9. The lowest BCUT2D eigenvalue weighted by atomic mass is 10.1. The van der Waals surface area contributed by atoms with Crippen molar-refractivity contribution in [1.82, 2.24) is 14.5 Å². The summed E-state index contributed by atoms with van der Waals surface area (Å²) in [6, 6.07) is 14.1. The van der Waals surface area contributed by atoms with Crippen molar-refractivity contribution in [3.8, 4) is 44.8 Å². The summed E-state index contributed by atoms with van der Waals surface area (Å²) in [5, 5.41) is 14.1. The molecule has 5 aromatic rings. The van der Waals surface area contributed by atoms with Crippen LogP contribution in [0, 0.1) is 0 Å². The number of pyridine rings is 2. The molecule has 2 aromatic carbocycles. The quantitative estimate of drug-likeness (QED) is 0.347. The summed E-state index contributed by atoms with van der Waals surface area (Å²) in [6.07, 6.45) is 2.87. The van der Waals surface area contributed by atoms with Crippen LogP contribution < -0.4 is 15.0 Å². The maximum Gasteiger partial charge on any atom is 0.266 e. The van der Waals surface area contributed by atoms with E-state index in [4.69, 9.17) is 26.1 Å². The Bertz CT molecular complexity index is 1580. The predicted octanol–water partition coefficient (Wildman–Crippen LogP) is 5.55. The molecule has 0 bridgehead atoms. The van der Waals surface area contributed by atoms with Gasteiger partial charge in [-0.1, -0.05) is 23.7 Å². The van der Waals surface area contributed by atoms with Crippen LogP contribution >= 0.6 is 22.9 Å². The fourth-order valence-electron chi connectivity index (χ4n) is 3.73. The molecule has 9 heteroatoms. The molecule has 7 nitrogen and oxygen atoms in total. The zero-order valence-corrected chi connectivity index (χ0v) is 19.7. The molecule has 0 amide bonds. The molecule has 0 spiro atoms. The third-order valence-electron chi connectivity index (χ3n) is 5.41. The monoisotopic (exact) mass is 491 g/mol. The second-order valence-corrected chi connectivity index (χ2v) is 8.67. The van der Waals surface area contributed by atoms with E-state index in [1.165, 1.54) is 35.4 Å². The van der Waals surface area contributed by atoms with Crippen molar-refractivity contribution in [3.63, 3.8) is 0 Å². The van der Waals surface area contributed by atoms with Crippen LogP contribution in [-0.4, -0.2) is 33.9 Å². The van der Waals surface area contributed by atoms with Crippen molar-refractivity contribution in [2.75, 3.05) is 14.2 Å². The van der Waals surface area contributed by atoms with Crippen LogP contribution in [0.25, 0.3) is 38.4 Å². The molecule has 0 fully saturated rings. The minimum absolute atomic E-state index is 0.0520. The number of aromatic hydroxyl groups is 1. The lowest BCUT2D eigenvalue weighted by molar-refractivity contribution is 0.401. The van der Waals surface area contributed by atoms with Gasteiger partial charge in [0.25, 0.3) is 5.56 Å². The molecule has 5 rings (SSSR count). The highest BCUT2D eigenvalue weighted by Gasteiger charge is 2.20. The highest BCUT2D eigenvalue weighted by atomic mass is 35.5. The second kappa shape index (κ2) is 8.81. The van der Waals surface area contributed by atoms with Gasteiger partial charge in [-0.25, -0.2) is 4.98 Å². The first-order chi connectivity index (χ1) is 16.5. The number of halogens is 1. The molecule has 1 N–H and O–H groups in total. The van der Waals surface area contributed by atoms with Crippen molar-refractivity contribution in [1.29, 1.82) is 0 Å². The van der Waals surface area contributed by atoms with Crippen molar-refractivity contribution < 1.29 is 14.6 Å². The Morgan fingerprint density at radius 1 is 1.03 bits per heavy atom. The molecule has 0 saturated carbocycles. The van der Waals surface area contributed by atoms with E-state index in [9.17, 15) is 9.90 Å². The van der Waals surface area contributed by atoms with Gasteiger partial charge in [-0.15, -0.1) is 11.3 Å². The number of hydrogen-bond donors (Lipinski definition) is 1. The van der Waals surface area contributed by atoms with Gasteiger partial charge in [0.15, 0.2) is 0 Å². The van der Waals surface area contributed by atoms with E-state index in [0.717, 1.165) is 11.3 Å². The van der Waals surface area contributed by atoms with E-state index in [1.54, 1.807) is 43.5 Å². The third kappa shape index (κ3) is 3.76. The number of fused-ring (bicyclic) bond motifs is 1. The average molecular weight is 492 g/mol. The van der Waals surface area contributed by atoms with E-state index < -0.39 is 0 Å². The summed E-state index contributed by atoms with van der Waals surface area (Å²) >= 11 is 7.34. The van der Waals surface area contributed by atoms with Gasteiger partial charge in [-0.05, 0) is 30.3 Å². The molecule has 0 aliphatic carbocycles. The fourth-order valence-corrected chi connectivity index (χ4v) is 4.69. The Balaban J connectivity index is 1.78. The summed E-state index contributed by atoms with van der Waals surface area (Å²) in [6.45, 7) is 0. The van der Waals surface area contributed by atoms with Crippen molar-refractivity contribution >= 4 is 33.8 Å². The van der Waals surface area contributed by atoms with Crippen molar-refractivity contribution in [2.45, 2.75) is 0 Å². The first-order valence-corrected chi connectivity index (χ1v) is 11.4. The van der Waals surface area contributed by atoms with Crippen LogP contribution in [0.2, 0.25) is 5.02 Å². The minimum Gasteiger partial charge on any atom is -0.506 e. The highest BCUT2D eigenvalue weighted by Crippen LogP contribution is 2.34. The van der Waals surface area contributed by atoms with E-state index in [-0.39, 0.29) is 11.3 Å². The van der Waals surface area contributed by atoms with Gasteiger partial charge < -0.3 is 14.6 Å². The number of aromatic nitrogens is 3. The molecule has 170 valence electrons. The predicted molar refractivity (Wildman–Crippen MR) is 134 cm³/mol. The smallest absolute Gasteiger partial charge is 0.266 e. The van der Waals surface area contributed by atoms with E-state index in [2.05, 4.69) is 4.98 Å². The van der Waals surface area contributed by atoms with Gasteiger partial charge in [0, 0.05) is 27.4 Å². The number of methoxy groups -OCH3 is 2. The van der Waals surface area contributed by atoms with Gasteiger partial charge in [0.05, 0.1) is 49.1 Å². The Morgan fingerprint density at radius 2 is 1.82 bits per heavy atom. The van der Waals surface area contributed by atoms with Crippen LogP contribution in [0.3, 0.4) is 0 Å². The lowest BCUT2D eigenvalue weighted by Gasteiger charge is -2.16. The Kier molecular flexibility index (Phi) is 5.69. The zero-order chi connectivity index (χ0) is 23.8. The van der Waals surface area contributed by atoms with Crippen LogP contribution in [0.15, 0.2) is 71.1 Å². The van der Waals surface area contributed by atoms with E-state index in [0.29, 0.717) is 43.7 Å². The summed E-state index contributed by atoms with van der Waals surface area (Å²) < 4.78 is 12.4. The molecular formula is C25H18ClN3O4S. The second-order valence-electron chi connectivity index (χ2n) is 7.37. The van der Waals surface area contributed by atoms with Crippen LogP contribution in [0.1, 0.15) is 0 Å². The molecule has 34 heavy (non-hydrogen) atoms.